The zero-order valence-electron chi connectivity index (χ0n) is 18.0. The minimum atomic E-state index is -0.186. The highest BCUT2D eigenvalue weighted by Gasteiger charge is 2.18. The average Bonchev–Trinajstić information content (AvgIpc) is 2.71. The molecule has 2 aromatic carbocycles. The molecule has 7 heteroatoms. The van der Waals surface area contributed by atoms with Gasteiger partial charge in [0.25, 0.3) is 5.56 Å². The molecule has 1 heterocycles. The third kappa shape index (κ3) is 4.67. The van der Waals surface area contributed by atoms with Crippen molar-refractivity contribution in [3.8, 4) is 5.75 Å². The molecular weight excluding hydrogens is 398 g/mol. The predicted molar refractivity (Wildman–Crippen MR) is 123 cm³/mol. The van der Waals surface area contributed by atoms with Crippen LogP contribution in [-0.4, -0.2) is 28.3 Å². The van der Waals surface area contributed by atoms with Gasteiger partial charge in [-0.15, -0.1) is 0 Å². The lowest BCUT2D eigenvalue weighted by atomic mass is 9.87. The summed E-state index contributed by atoms with van der Waals surface area (Å²) in [5.41, 5.74) is 2.23. The molecule has 0 saturated heterocycles. The fourth-order valence-corrected chi connectivity index (χ4v) is 3.99. The van der Waals surface area contributed by atoms with Crippen LogP contribution >= 0.6 is 11.8 Å². The lowest BCUT2D eigenvalue weighted by molar-refractivity contribution is -0.113. The molecule has 0 saturated carbocycles. The van der Waals surface area contributed by atoms with E-state index in [9.17, 15) is 9.59 Å². The van der Waals surface area contributed by atoms with Crippen LogP contribution in [0.5, 0.6) is 5.75 Å². The van der Waals surface area contributed by atoms with Gasteiger partial charge in [-0.05, 0) is 42.2 Å². The van der Waals surface area contributed by atoms with Gasteiger partial charge in [0.1, 0.15) is 5.75 Å². The highest BCUT2D eigenvalue weighted by Crippen LogP contribution is 2.31. The Kier molecular flexibility index (Phi) is 6.51. The van der Waals surface area contributed by atoms with Crippen molar-refractivity contribution in [2.24, 2.45) is 0 Å². The van der Waals surface area contributed by atoms with E-state index in [1.807, 2.05) is 43.3 Å². The molecule has 0 aliphatic rings. The first-order chi connectivity index (χ1) is 14.2. The zero-order chi connectivity index (χ0) is 21.9. The molecule has 1 N–H and O–H groups in total. The van der Waals surface area contributed by atoms with Crippen molar-refractivity contribution in [1.29, 1.82) is 0 Å². The Morgan fingerprint density at radius 1 is 1.20 bits per heavy atom. The smallest absolute Gasteiger partial charge is 0.262 e. The van der Waals surface area contributed by atoms with Crippen LogP contribution in [-0.2, 0) is 16.8 Å². The molecule has 3 aromatic rings. The summed E-state index contributed by atoms with van der Waals surface area (Å²) in [6, 6.07) is 13.1. The second kappa shape index (κ2) is 8.92. The second-order valence-corrected chi connectivity index (χ2v) is 8.91. The van der Waals surface area contributed by atoms with Gasteiger partial charge >= 0.3 is 0 Å². The number of anilines is 1. The molecule has 0 unspecified atom stereocenters. The summed E-state index contributed by atoms with van der Waals surface area (Å²) in [6.45, 7) is 8.73. The number of carbonyl (C=O) groups is 1. The summed E-state index contributed by atoms with van der Waals surface area (Å²) < 4.78 is 7.00. The Morgan fingerprint density at radius 2 is 1.93 bits per heavy atom. The molecule has 0 bridgehead atoms. The number of amides is 1. The van der Waals surface area contributed by atoms with Crippen LogP contribution in [0.15, 0.2) is 52.4 Å². The molecule has 0 fully saturated rings. The van der Waals surface area contributed by atoms with E-state index in [-0.39, 0.29) is 22.6 Å². The fourth-order valence-electron chi connectivity index (χ4n) is 3.13. The maximum absolute atomic E-state index is 12.7. The van der Waals surface area contributed by atoms with Crippen molar-refractivity contribution < 1.29 is 9.53 Å². The average molecular weight is 426 g/mol. The van der Waals surface area contributed by atoms with Gasteiger partial charge in [0.2, 0.25) is 5.91 Å². The number of carbonyl (C=O) groups excluding carboxylic acids is 1. The van der Waals surface area contributed by atoms with Gasteiger partial charge in [-0.3, -0.25) is 14.2 Å². The van der Waals surface area contributed by atoms with E-state index in [4.69, 9.17) is 4.74 Å². The quantitative estimate of drug-likeness (QED) is 0.466. The van der Waals surface area contributed by atoms with Crippen LogP contribution in [0.25, 0.3) is 10.9 Å². The number of thioether (sulfide) groups is 1. The van der Waals surface area contributed by atoms with Crippen LogP contribution in [0.1, 0.15) is 33.3 Å². The van der Waals surface area contributed by atoms with Crippen molar-refractivity contribution in [3.63, 3.8) is 0 Å². The SMILES string of the molecule is CCn1c(SCC(=O)Nc2cc(C(C)(C)C)ccc2OC)nc2ccccc2c1=O. The molecule has 1 aromatic heterocycles. The van der Waals surface area contributed by atoms with Crippen molar-refractivity contribution in [1.82, 2.24) is 9.55 Å². The lowest BCUT2D eigenvalue weighted by Crippen LogP contribution is -2.23. The summed E-state index contributed by atoms with van der Waals surface area (Å²) in [5, 5.41) is 4.05. The van der Waals surface area contributed by atoms with E-state index in [0.29, 0.717) is 34.0 Å². The lowest BCUT2D eigenvalue weighted by Gasteiger charge is -2.21. The van der Waals surface area contributed by atoms with Gasteiger partial charge in [0, 0.05) is 6.54 Å². The number of hydrogen-bond acceptors (Lipinski definition) is 5. The first kappa shape index (κ1) is 21.9. The van der Waals surface area contributed by atoms with Crippen molar-refractivity contribution in [2.45, 2.75) is 44.8 Å². The molecule has 6 nitrogen and oxygen atoms in total. The van der Waals surface area contributed by atoms with Crippen LogP contribution in [0, 0.1) is 0 Å². The number of methoxy groups -OCH3 is 1. The van der Waals surface area contributed by atoms with Crippen LogP contribution in [0.4, 0.5) is 5.69 Å². The van der Waals surface area contributed by atoms with E-state index in [2.05, 4.69) is 31.1 Å². The first-order valence-corrected chi connectivity index (χ1v) is 10.8. The van der Waals surface area contributed by atoms with E-state index in [1.165, 1.54) is 11.8 Å². The number of fused-ring (bicyclic) bond motifs is 1. The number of para-hydroxylation sites is 1. The normalized spacial score (nSPS) is 11.5. The number of aromatic nitrogens is 2. The number of nitrogens with zero attached hydrogens (tertiary/aromatic N) is 2. The number of nitrogens with one attached hydrogen (secondary N) is 1. The second-order valence-electron chi connectivity index (χ2n) is 7.96. The van der Waals surface area contributed by atoms with Crippen molar-refractivity contribution >= 4 is 34.3 Å². The molecule has 1 amide bonds. The third-order valence-corrected chi connectivity index (χ3v) is 5.79. The molecule has 158 valence electrons. The van der Waals surface area contributed by atoms with E-state index >= 15 is 0 Å². The summed E-state index contributed by atoms with van der Waals surface area (Å²) in [6.07, 6.45) is 0. The first-order valence-electron chi connectivity index (χ1n) is 9.85. The number of rotatable bonds is 6. The fraction of sp³-hybridized carbons (Fsp3) is 0.348. The Bertz CT molecular complexity index is 1130. The molecule has 0 aliphatic carbocycles. The Labute approximate surface area is 180 Å². The van der Waals surface area contributed by atoms with Gasteiger partial charge in [-0.1, -0.05) is 50.7 Å². The summed E-state index contributed by atoms with van der Waals surface area (Å²) in [4.78, 5) is 30.0. The standard InChI is InChI=1S/C23H27N3O3S/c1-6-26-21(28)16-9-7-8-10-17(16)25-22(26)30-14-20(27)24-18-13-15(23(2,3)4)11-12-19(18)29-5/h7-13H,6,14H2,1-5H3,(H,24,27). The number of hydrogen-bond donors (Lipinski definition) is 1. The molecule has 3 rings (SSSR count). The number of ether oxygens (including phenoxy) is 1. The Balaban J connectivity index is 1.81. The van der Waals surface area contributed by atoms with Crippen molar-refractivity contribution in [3.05, 3.63) is 58.4 Å². The topological polar surface area (TPSA) is 73.2 Å². The molecule has 0 aliphatic heterocycles. The summed E-state index contributed by atoms with van der Waals surface area (Å²) in [7, 11) is 1.58. The van der Waals surface area contributed by atoms with Gasteiger partial charge in [-0.2, -0.15) is 0 Å². The number of benzene rings is 2. The van der Waals surface area contributed by atoms with Crippen LogP contribution in [0.3, 0.4) is 0 Å². The maximum atomic E-state index is 12.7. The van der Waals surface area contributed by atoms with Crippen molar-refractivity contribution in [2.75, 3.05) is 18.2 Å². The molecule has 0 radical (unpaired) electrons. The molecular formula is C23H27N3O3S. The molecule has 0 spiro atoms. The van der Waals surface area contributed by atoms with Gasteiger partial charge in [0.05, 0.1) is 29.5 Å². The van der Waals surface area contributed by atoms with Crippen LogP contribution < -0.4 is 15.6 Å². The molecule has 30 heavy (non-hydrogen) atoms. The van der Waals surface area contributed by atoms with Gasteiger partial charge < -0.3 is 10.1 Å². The minimum absolute atomic E-state index is 0.0489. The van der Waals surface area contributed by atoms with E-state index in [1.54, 1.807) is 17.7 Å². The predicted octanol–water partition coefficient (Wildman–Crippen LogP) is 4.45. The van der Waals surface area contributed by atoms with Gasteiger partial charge in [-0.25, -0.2) is 4.98 Å². The van der Waals surface area contributed by atoms with Crippen LogP contribution in [0.2, 0.25) is 0 Å². The highest BCUT2D eigenvalue weighted by molar-refractivity contribution is 7.99. The largest absolute Gasteiger partial charge is 0.495 e. The summed E-state index contributed by atoms with van der Waals surface area (Å²) >= 11 is 1.25. The minimum Gasteiger partial charge on any atom is -0.495 e. The Hall–Kier alpha value is -2.80. The van der Waals surface area contributed by atoms with E-state index in [0.717, 1.165) is 5.56 Å². The maximum Gasteiger partial charge on any atom is 0.262 e. The molecule has 0 atom stereocenters. The zero-order valence-corrected chi connectivity index (χ0v) is 18.8. The van der Waals surface area contributed by atoms with Gasteiger partial charge in [0.15, 0.2) is 5.16 Å². The third-order valence-electron chi connectivity index (χ3n) is 4.81. The van der Waals surface area contributed by atoms with E-state index < -0.39 is 0 Å². The summed E-state index contributed by atoms with van der Waals surface area (Å²) in [5.74, 6) is 0.554. The highest BCUT2D eigenvalue weighted by atomic mass is 32.2. The monoisotopic (exact) mass is 425 g/mol. The Morgan fingerprint density at radius 3 is 2.60 bits per heavy atom.